The van der Waals surface area contributed by atoms with Gasteiger partial charge in [-0.2, -0.15) is 9.97 Å². The molecule has 0 aliphatic heterocycles. The number of hydrogen-bond donors (Lipinski definition) is 2. The second-order valence-corrected chi connectivity index (χ2v) is 4.43. The normalized spacial score (nSPS) is 10.3. The third-order valence-electron chi connectivity index (χ3n) is 2.45. The summed E-state index contributed by atoms with van der Waals surface area (Å²) in [7, 11) is 1.90. The molecule has 18 heavy (non-hydrogen) atoms. The summed E-state index contributed by atoms with van der Waals surface area (Å²) >= 11 is 5.94. The van der Waals surface area contributed by atoms with Crippen molar-refractivity contribution < 1.29 is 0 Å². The third-order valence-corrected chi connectivity index (χ3v) is 2.68. The van der Waals surface area contributed by atoms with Crippen molar-refractivity contribution >= 4 is 29.2 Å². The van der Waals surface area contributed by atoms with E-state index in [1.165, 1.54) is 0 Å². The molecule has 0 unspecified atom stereocenters. The number of nitrogen functional groups attached to an aromatic ring is 2. The van der Waals surface area contributed by atoms with Crippen LogP contribution in [0.15, 0.2) is 30.3 Å². The molecule has 0 saturated heterocycles. The van der Waals surface area contributed by atoms with Crippen molar-refractivity contribution in [1.29, 1.82) is 0 Å². The lowest BCUT2D eigenvalue weighted by Crippen LogP contribution is -2.19. The summed E-state index contributed by atoms with van der Waals surface area (Å²) in [6.07, 6.45) is 0. The summed E-state index contributed by atoms with van der Waals surface area (Å²) in [5.74, 6) is 1.21. The highest BCUT2D eigenvalue weighted by molar-refractivity contribution is 6.30. The van der Waals surface area contributed by atoms with E-state index in [-0.39, 0.29) is 5.95 Å². The van der Waals surface area contributed by atoms with Crippen LogP contribution in [0.2, 0.25) is 5.02 Å². The van der Waals surface area contributed by atoms with Gasteiger partial charge < -0.3 is 16.4 Å². The summed E-state index contributed by atoms with van der Waals surface area (Å²) in [6.45, 7) is 0.663. The first-order valence-corrected chi connectivity index (χ1v) is 5.78. The van der Waals surface area contributed by atoms with Crippen LogP contribution < -0.4 is 16.4 Å². The van der Waals surface area contributed by atoms with E-state index in [0.717, 1.165) is 5.56 Å². The van der Waals surface area contributed by atoms with Gasteiger partial charge in [0.05, 0.1) is 0 Å². The highest BCUT2D eigenvalue weighted by atomic mass is 35.5. The SMILES string of the molecule is CN(Cc1cccc(Cl)c1)c1cc(N)nc(N)n1. The summed E-state index contributed by atoms with van der Waals surface area (Å²) in [5.41, 5.74) is 12.3. The average Bonchev–Trinajstić information content (AvgIpc) is 2.27. The largest absolute Gasteiger partial charge is 0.383 e. The van der Waals surface area contributed by atoms with Crippen LogP contribution in [-0.2, 0) is 6.54 Å². The van der Waals surface area contributed by atoms with E-state index in [1.54, 1.807) is 6.07 Å². The number of rotatable bonds is 3. The van der Waals surface area contributed by atoms with Crippen LogP contribution in [0.25, 0.3) is 0 Å². The molecule has 0 atom stereocenters. The molecule has 1 aromatic carbocycles. The van der Waals surface area contributed by atoms with Gasteiger partial charge in [-0.1, -0.05) is 23.7 Å². The molecule has 1 heterocycles. The van der Waals surface area contributed by atoms with E-state index in [0.29, 0.717) is 23.2 Å². The van der Waals surface area contributed by atoms with E-state index >= 15 is 0 Å². The third kappa shape index (κ3) is 3.01. The Kier molecular flexibility index (Phi) is 3.53. The number of aromatic nitrogens is 2. The number of nitrogens with zero attached hydrogens (tertiary/aromatic N) is 3. The zero-order valence-electron chi connectivity index (χ0n) is 9.97. The maximum Gasteiger partial charge on any atom is 0.223 e. The molecular weight excluding hydrogens is 250 g/mol. The van der Waals surface area contributed by atoms with E-state index in [1.807, 2.05) is 36.2 Å². The van der Waals surface area contributed by atoms with E-state index < -0.39 is 0 Å². The fourth-order valence-electron chi connectivity index (χ4n) is 1.66. The zero-order chi connectivity index (χ0) is 13.1. The van der Waals surface area contributed by atoms with Crippen molar-refractivity contribution in [2.45, 2.75) is 6.54 Å². The Balaban J connectivity index is 2.19. The summed E-state index contributed by atoms with van der Waals surface area (Å²) in [4.78, 5) is 9.90. The molecule has 2 rings (SSSR count). The van der Waals surface area contributed by atoms with Gasteiger partial charge in [-0.3, -0.25) is 0 Å². The van der Waals surface area contributed by atoms with Crippen molar-refractivity contribution in [1.82, 2.24) is 9.97 Å². The lowest BCUT2D eigenvalue weighted by Gasteiger charge is -2.18. The lowest BCUT2D eigenvalue weighted by molar-refractivity contribution is 0.895. The molecule has 0 aliphatic carbocycles. The molecule has 0 radical (unpaired) electrons. The second kappa shape index (κ2) is 5.10. The van der Waals surface area contributed by atoms with Crippen LogP contribution in [0.3, 0.4) is 0 Å². The monoisotopic (exact) mass is 263 g/mol. The summed E-state index contributed by atoms with van der Waals surface area (Å²) in [5, 5.41) is 0.711. The van der Waals surface area contributed by atoms with Gasteiger partial charge in [0.2, 0.25) is 5.95 Å². The highest BCUT2D eigenvalue weighted by Gasteiger charge is 2.06. The molecule has 2 aromatic rings. The number of halogens is 1. The standard InChI is InChI=1S/C12H14ClN5/c1-18(7-8-3-2-4-9(13)5-8)11-6-10(14)16-12(15)17-11/h2-6H,7H2,1H3,(H4,14,15,16,17). The minimum absolute atomic E-state index is 0.169. The molecule has 4 N–H and O–H groups in total. The molecule has 0 aliphatic rings. The number of hydrogen-bond acceptors (Lipinski definition) is 5. The smallest absolute Gasteiger partial charge is 0.223 e. The molecule has 0 bridgehead atoms. The quantitative estimate of drug-likeness (QED) is 0.884. The number of benzene rings is 1. The van der Waals surface area contributed by atoms with E-state index in [4.69, 9.17) is 23.1 Å². The van der Waals surface area contributed by atoms with Crippen molar-refractivity contribution in [3.05, 3.63) is 40.9 Å². The predicted molar refractivity (Wildman–Crippen MR) is 74.4 cm³/mol. The first-order chi connectivity index (χ1) is 8.54. The zero-order valence-corrected chi connectivity index (χ0v) is 10.7. The Bertz CT molecular complexity index is 538. The van der Waals surface area contributed by atoms with Crippen molar-refractivity contribution in [3.63, 3.8) is 0 Å². The second-order valence-electron chi connectivity index (χ2n) is 4.00. The van der Waals surface area contributed by atoms with Gasteiger partial charge >= 0.3 is 0 Å². The Labute approximate surface area is 110 Å². The number of anilines is 3. The Morgan fingerprint density at radius 2 is 2.00 bits per heavy atom. The van der Waals surface area contributed by atoms with E-state index in [2.05, 4.69) is 9.97 Å². The molecule has 0 amide bonds. The van der Waals surface area contributed by atoms with Crippen LogP contribution in [0.5, 0.6) is 0 Å². The summed E-state index contributed by atoms with van der Waals surface area (Å²) < 4.78 is 0. The molecule has 5 nitrogen and oxygen atoms in total. The topological polar surface area (TPSA) is 81.1 Å². The van der Waals surface area contributed by atoms with Crippen LogP contribution in [0.1, 0.15) is 5.56 Å². The van der Waals surface area contributed by atoms with Gasteiger partial charge in [-0.25, -0.2) is 0 Å². The first-order valence-electron chi connectivity index (χ1n) is 5.40. The summed E-state index contributed by atoms with van der Waals surface area (Å²) in [6, 6.07) is 9.34. The highest BCUT2D eigenvalue weighted by Crippen LogP contribution is 2.17. The molecule has 0 saturated carbocycles. The van der Waals surface area contributed by atoms with Crippen LogP contribution in [-0.4, -0.2) is 17.0 Å². The maximum absolute atomic E-state index is 5.94. The van der Waals surface area contributed by atoms with Crippen molar-refractivity contribution in [3.8, 4) is 0 Å². The lowest BCUT2D eigenvalue weighted by atomic mass is 10.2. The average molecular weight is 264 g/mol. The molecule has 6 heteroatoms. The van der Waals surface area contributed by atoms with Gasteiger partial charge in [0.15, 0.2) is 0 Å². The van der Waals surface area contributed by atoms with Gasteiger partial charge in [0.25, 0.3) is 0 Å². The van der Waals surface area contributed by atoms with Crippen LogP contribution in [0.4, 0.5) is 17.6 Å². The fourth-order valence-corrected chi connectivity index (χ4v) is 1.87. The van der Waals surface area contributed by atoms with Crippen molar-refractivity contribution in [2.75, 3.05) is 23.4 Å². The Hall–Kier alpha value is -2.01. The fraction of sp³-hybridized carbons (Fsp3) is 0.167. The predicted octanol–water partition coefficient (Wildman–Crippen LogP) is 1.93. The van der Waals surface area contributed by atoms with Crippen molar-refractivity contribution in [2.24, 2.45) is 0 Å². The molecule has 0 fully saturated rings. The molecule has 0 spiro atoms. The van der Waals surface area contributed by atoms with Crippen LogP contribution >= 0.6 is 11.6 Å². The maximum atomic E-state index is 5.94. The minimum atomic E-state index is 0.169. The number of nitrogens with two attached hydrogens (primary N) is 2. The molecular formula is C12H14ClN5. The van der Waals surface area contributed by atoms with E-state index in [9.17, 15) is 0 Å². The first kappa shape index (κ1) is 12.4. The van der Waals surface area contributed by atoms with Gasteiger partial charge in [0.1, 0.15) is 11.6 Å². The van der Waals surface area contributed by atoms with Gasteiger partial charge in [-0.05, 0) is 17.7 Å². The van der Waals surface area contributed by atoms with Gasteiger partial charge in [-0.15, -0.1) is 0 Å². The van der Waals surface area contributed by atoms with Gasteiger partial charge in [0, 0.05) is 24.7 Å². The molecule has 94 valence electrons. The minimum Gasteiger partial charge on any atom is -0.383 e. The Morgan fingerprint density at radius 3 is 2.67 bits per heavy atom. The Morgan fingerprint density at radius 1 is 1.22 bits per heavy atom. The van der Waals surface area contributed by atoms with Crippen LogP contribution in [0, 0.1) is 0 Å². The molecule has 1 aromatic heterocycles.